The van der Waals surface area contributed by atoms with Gasteiger partial charge in [-0.1, -0.05) is 34.6 Å². The van der Waals surface area contributed by atoms with Crippen LogP contribution >= 0.6 is 0 Å². The van der Waals surface area contributed by atoms with Gasteiger partial charge in [0.15, 0.2) is 0 Å². The van der Waals surface area contributed by atoms with Gasteiger partial charge in [-0.15, -0.1) is 0 Å². The van der Waals surface area contributed by atoms with Crippen LogP contribution in [0.2, 0.25) is 0 Å². The third kappa shape index (κ3) is 0.889. The summed E-state index contributed by atoms with van der Waals surface area (Å²) in [6, 6.07) is 0. The quantitative estimate of drug-likeness (QED) is 0.552. The molecule has 0 aromatic rings. The second-order valence-electron chi connectivity index (χ2n) is 4.53. The predicted molar refractivity (Wildman–Crippen MR) is 45.9 cm³/mol. The van der Waals surface area contributed by atoms with Crippen LogP contribution < -0.4 is 0 Å². The molecule has 60 valence electrons. The van der Waals surface area contributed by atoms with Gasteiger partial charge in [-0.25, -0.2) is 0 Å². The first kappa shape index (κ1) is 8.10. The molecular formula is C10H20. The second-order valence-corrected chi connectivity index (χ2v) is 4.53. The summed E-state index contributed by atoms with van der Waals surface area (Å²) in [5.41, 5.74) is 0.708. The first-order chi connectivity index (χ1) is 4.51. The Kier molecular flexibility index (Phi) is 1.82. The lowest BCUT2D eigenvalue weighted by molar-refractivity contribution is 0.236. The summed E-state index contributed by atoms with van der Waals surface area (Å²) in [6.45, 7) is 11.8. The zero-order chi connectivity index (χ0) is 7.94. The maximum absolute atomic E-state index is 2.39. The summed E-state index contributed by atoms with van der Waals surface area (Å²) in [5, 5.41) is 0. The van der Waals surface area contributed by atoms with Gasteiger partial charge >= 0.3 is 0 Å². The molecule has 0 aromatic heterocycles. The first-order valence-electron chi connectivity index (χ1n) is 4.51. The van der Waals surface area contributed by atoms with Crippen molar-refractivity contribution in [2.75, 3.05) is 0 Å². The largest absolute Gasteiger partial charge is 0.0622 e. The van der Waals surface area contributed by atoms with Crippen LogP contribution in [-0.4, -0.2) is 0 Å². The summed E-state index contributed by atoms with van der Waals surface area (Å²) in [6.07, 6.45) is 1.46. The standard InChI is InChI=1S/C10H20/c1-7(2)10(8(3)4)6-9(10)5/h7-9H,6H2,1-5H3. The normalized spacial score (nSPS) is 29.7. The fourth-order valence-corrected chi connectivity index (χ4v) is 2.75. The highest BCUT2D eigenvalue weighted by atomic mass is 14.6. The summed E-state index contributed by atoms with van der Waals surface area (Å²) < 4.78 is 0. The molecule has 0 aromatic carbocycles. The van der Waals surface area contributed by atoms with Gasteiger partial charge in [-0.2, -0.15) is 0 Å². The molecule has 1 saturated carbocycles. The van der Waals surface area contributed by atoms with Crippen LogP contribution in [0.15, 0.2) is 0 Å². The predicted octanol–water partition coefficient (Wildman–Crippen LogP) is 3.32. The van der Waals surface area contributed by atoms with E-state index in [4.69, 9.17) is 0 Å². The van der Waals surface area contributed by atoms with Crippen molar-refractivity contribution < 1.29 is 0 Å². The van der Waals surface area contributed by atoms with E-state index in [0.29, 0.717) is 5.41 Å². The van der Waals surface area contributed by atoms with Crippen molar-refractivity contribution >= 4 is 0 Å². The Labute approximate surface area is 65.0 Å². The molecule has 0 nitrogen and oxygen atoms in total. The van der Waals surface area contributed by atoms with Crippen LogP contribution in [0.3, 0.4) is 0 Å². The molecule has 1 aliphatic rings. The Morgan fingerprint density at radius 1 is 1.10 bits per heavy atom. The molecule has 0 amide bonds. The van der Waals surface area contributed by atoms with E-state index in [1.807, 2.05) is 0 Å². The average Bonchev–Trinajstić information content (AvgIpc) is 2.42. The molecule has 0 N–H and O–H groups in total. The lowest BCUT2D eigenvalue weighted by Crippen LogP contribution is -2.18. The van der Waals surface area contributed by atoms with E-state index in [1.54, 1.807) is 0 Å². The van der Waals surface area contributed by atoms with Gasteiger partial charge in [0.1, 0.15) is 0 Å². The molecule has 1 aliphatic carbocycles. The van der Waals surface area contributed by atoms with Crippen LogP contribution in [0.25, 0.3) is 0 Å². The van der Waals surface area contributed by atoms with Crippen molar-refractivity contribution in [1.82, 2.24) is 0 Å². The van der Waals surface area contributed by atoms with Gasteiger partial charge < -0.3 is 0 Å². The smallest absolute Gasteiger partial charge is 0.0223 e. The zero-order valence-electron chi connectivity index (χ0n) is 7.94. The molecule has 0 heteroatoms. The van der Waals surface area contributed by atoms with Gasteiger partial charge in [0, 0.05) is 0 Å². The molecule has 0 bridgehead atoms. The fraction of sp³-hybridized carbons (Fsp3) is 1.00. The number of hydrogen-bond acceptors (Lipinski definition) is 0. The maximum Gasteiger partial charge on any atom is -0.0223 e. The Hall–Kier alpha value is 0. The summed E-state index contributed by atoms with van der Waals surface area (Å²) in [4.78, 5) is 0. The van der Waals surface area contributed by atoms with Crippen molar-refractivity contribution in [3.8, 4) is 0 Å². The monoisotopic (exact) mass is 140 g/mol. The van der Waals surface area contributed by atoms with E-state index in [2.05, 4.69) is 34.6 Å². The summed E-state index contributed by atoms with van der Waals surface area (Å²) >= 11 is 0. The van der Waals surface area contributed by atoms with Crippen LogP contribution in [-0.2, 0) is 0 Å². The lowest BCUT2D eigenvalue weighted by Gasteiger charge is -2.25. The van der Waals surface area contributed by atoms with E-state index in [9.17, 15) is 0 Å². The van der Waals surface area contributed by atoms with E-state index in [-0.39, 0.29) is 0 Å². The second kappa shape index (κ2) is 2.25. The maximum atomic E-state index is 2.39. The van der Waals surface area contributed by atoms with Crippen molar-refractivity contribution in [3.63, 3.8) is 0 Å². The van der Waals surface area contributed by atoms with Gasteiger partial charge in [-0.3, -0.25) is 0 Å². The molecular weight excluding hydrogens is 120 g/mol. The molecule has 1 unspecified atom stereocenters. The molecule has 1 fully saturated rings. The topological polar surface area (TPSA) is 0 Å². The van der Waals surface area contributed by atoms with E-state index in [0.717, 1.165) is 17.8 Å². The third-order valence-electron chi connectivity index (χ3n) is 3.57. The minimum Gasteiger partial charge on any atom is -0.0622 e. The molecule has 0 heterocycles. The van der Waals surface area contributed by atoms with Crippen LogP contribution in [0.5, 0.6) is 0 Å². The van der Waals surface area contributed by atoms with E-state index >= 15 is 0 Å². The Bertz CT molecular complexity index is 114. The zero-order valence-corrected chi connectivity index (χ0v) is 7.94. The molecule has 0 radical (unpaired) electrons. The third-order valence-corrected chi connectivity index (χ3v) is 3.57. The van der Waals surface area contributed by atoms with Gasteiger partial charge in [0.2, 0.25) is 0 Å². The first-order valence-corrected chi connectivity index (χ1v) is 4.51. The Morgan fingerprint density at radius 3 is 1.40 bits per heavy atom. The molecule has 10 heavy (non-hydrogen) atoms. The summed E-state index contributed by atoms with van der Waals surface area (Å²) in [7, 11) is 0. The average molecular weight is 140 g/mol. The number of hydrogen-bond donors (Lipinski definition) is 0. The Morgan fingerprint density at radius 2 is 1.40 bits per heavy atom. The molecule has 0 saturated heterocycles. The van der Waals surface area contributed by atoms with Gasteiger partial charge in [0.25, 0.3) is 0 Å². The van der Waals surface area contributed by atoms with Crippen molar-refractivity contribution in [1.29, 1.82) is 0 Å². The van der Waals surface area contributed by atoms with E-state index < -0.39 is 0 Å². The molecule has 0 aliphatic heterocycles. The van der Waals surface area contributed by atoms with Gasteiger partial charge in [0.05, 0.1) is 0 Å². The lowest BCUT2D eigenvalue weighted by atomic mass is 9.80. The summed E-state index contributed by atoms with van der Waals surface area (Å²) in [5.74, 6) is 2.73. The molecule has 0 spiro atoms. The highest BCUT2D eigenvalue weighted by Crippen LogP contribution is 2.62. The molecule has 1 rings (SSSR count). The van der Waals surface area contributed by atoms with Crippen LogP contribution in [0.1, 0.15) is 41.0 Å². The molecule has 1 atom stereocenters. The highest BCUT2D eigenvalue weighted by Gasteiger charge is 2.54. The Balaban J connectivity index is 2.64. The van der Waals surface area contributed by atoms with Crippen molar-refractivity contribution in [2.45, 2.75) is 41.0 Å². The van der Waals surface area contributed by atoms with Crippen molar-refractivity contribution in [2.24, 2.45) is 23.2 Å². The van der Waals surface area contributed by atoms with E-state index in [1.165, 1.54) is 6.42 Å². The van der Waals surface area contributed by atoms with Crippen LogP contribution in [0.4, 0.5) is 0 Å². The van der Waals surface area contributed by atoms with Gasteiger partial charge in [-0.05, 0) is 29.6 Å². The fourth-order valence-electron chi connectivity index (χ4n) is 2.75. The van der Waals surface area contributed by atoms with Crippen molar-refractivity contribution in [3.05, 3.63) is 0 Å². The van der Waals surface area contributed by atoms with Crippen LogP contribution in [0, 0.1) is 23.2 Å². The number of rotatable bonds is 2. The minimum atomic E-state index is 0.708. The SMILES string of the molecule is CC(C)C1(C(C)C)CC1C. The minimum absolute atomic E-state index is 0.708. The highest BCUT2D eigenvalue weighted by molar-refractivity contribution is 5.03.